The minimum atomic E-state index is -0.0106. The molecule has 1 amide bonds. The van der Waals surface area contributed by atoms with Crippen LogP contribution in [-0.4, -0.2) is 40.9 Å². The largest absolute Gasteiger partial charge is 0.340 e. The summed E-state index contributed by atoms with van der Waals surface area (Å²) in [5.41, 5.74) is 2.46. The lowest BCUT2D eigenvalue weighted by atomic mass is 10.2. The van der Waals surface area contributed by atoms with Gasteiger partial charge in [0, 0.05) is 32.4 Å². The highest BCUT2D eigenvalue weighted by Gasteiger charge is 2.18. The Morgan fingerprint density at radius 2 is 1.68 bits per heavy atom. The van der Waals surface area contributed by atoms with Crippen molar-refractivity contribution in [1.82, 2.24) is 14.9 Å². The molecule has 5 nitrogen and oxygen atoms in total. The van der Waals surface area contributed by atoms with Crippen LogP contribution in [-0.2, 0) is 6.54 Å². The molecule has 0 saturated carbocycles. The van der Waals surface area contributed by atoms with Crippen LogP contribution in [0.1, 0.15) is 48.4 Å². The molecule has 25 heavy (non-hydrogen) atoms. The number of rotatable bonds is 8. The van der Waals surface area contributed by atoms with Crippen LogP contribution in [0.15, 0.2) is 36.4 Å². The summed E-state index contributed by atoms with van der Waals surface area (Å²) < 4.78 is 0. The third-order valence-electron chi connectivity index (χ3n) is 3.94. The molecule has 2 aromatic rings. The zero-order valence-corrected chi connectivity index (χ0v) is 15.7. The van der Waals surface area contributed by atoms with Crippen molar-refractivity contribution in [2.24, 2.45) is 0 Å². The van der Waals surface area contributed by atoms with E-state index in [1.165, 1.54) is 5.56 Å². The van der Waals surface area contributed by atoms with Crippen LogP contribution in [0.25, 0.3) is 0 Å². The molecular formula is C20H28N4O. The molecule has 0 aliphatic rings. The summed E-state index contributed by atoms with van der Waals surface area (Å²) in [4.78, 5) is 25.7. The molecule has 1 aromatic carbocycles. The monoisotopic (exact) mass is 340 g/mol. The SMILES string of the molecule is CCCN(CCC)C(=O)c1cc(C)nc(N(C)Cc2ccccc2)n1. The van der Waals surface area contributed by atoms with Crippen molar-refractivity contribution < 1.29 is 4.79 Å². The van der Waals surface area contributed by atoms with E-state index in [1.54, 1.807) is 6.07 Å². The molecule has 0 fully saturated rings. The lowest BCUT2D eigenvalue weighted by Gasteiger charge is -2.22. The first-order chi connectivity index (χ1) is 12.0. The number of carbonyl (C=O) groups is 1. The van der Waals surface area contributed by atoms with Gasteiger partial charge in [-0.1, -0.05) is 44.2 Å². The van der Waals surface area contributed by atoms with Gasteiger partial charge in [-0.25, -0.2) is 9.97 Å². The van der Waals surface area contributed by atoms with E-state index < -0.39 is 0 Å². The van der Waals surface area contributed by atoms with Gasteiger partial charge in [0.1, 0.15) is 5.69 Å². The summed E-state index contributed by atoms with van der Waals surface area (Å²) in [6.07, 6.45) is 1.88. The second-order valence-corrected chi connectivity index (χ2v) is 6.33. The first-order valence-corrected chi connectivity index (χ1v) is 8.95. The Morgan fingerprint density at radius 1 is 1.04 bits per heavy atom. The Hall–Kier alpha value is -2.43. The summed E-state index contributed by atoms with van der Waals surface area (Å²) in [6, 6.07) is 12.0. The molecule has 0 unspecified atom stereocenters. The summed E-state index contributed by atoms with van der Waals surface area (Å²) in [5.74, 6) is 0.573. The number of nitrogens with zero attached hydrogens (tertiary/aromatic N) is 4. The van der Waals surface area contributed by atoms with Gasteiger partial charge < -0.3 is 9.80 Å². The van der Waals surface area contributed by atoms with Crippen LogP contribution >= 0.6 is 0 Å². The Kier molecular flexibility index (Phi) is 6.92. The van der Waals surface area contributed by atoms with Gasteiger partial charge in [0.2, 0.25) is 5.95 Å². The summed E-state index contributed by atoms with van der Waals surface area (Å²) in [7, 11) is 1.95. The number of hydrogen-bond acceptors (Lipinski definition) is 4. The number of benzene rings is 1. The normalized spacial score (nSPS) is 10.6. The predicted octanol–water partition coefficient (Wildman–Crippen LogP) is 3.68. The summed E-state index contributed by atoms with van der Waals surface area (Å²) in [5, 5.41) is 0. The molecule has 134 valence electrons. The van der Waals surface area contributed by atoms with Gasteiger partial charge in [0.15, 0.2) is 0 Å². The van der Waals surface area contributed by atoms with Crippen molar-refractivity contribution in [3.05, 3.63) is 53.3 Å². The quantitative estimate of drug-likeness (QED) is 0.735. The first kappa shape index (κ1) is 18.9. The van der Waals surface area contributed by atoms with E-state index >= 15 is 0 Å². The lowest BCUT2D eigenvalue weighted by molar-refractivity contribution is 0.0749. The Morgan fingerprint density at radius 3 is 2.28 bits per heavy atom. The van der Waals surface area contributed by atoms with Gasteiger partial charge in [-0.15, -0.1) is 0 Å². The molecule has 0 aliphatic carbocycles. The highest BCUT2D eigenvalue weighted by Crippen LogP contribution is 2.14. The van der Waals surface area contributed by atoms with Crippen LogP contribution in [0.4, 0.5) is 5.95 Å². The molecule has 1 aromatic heterocycles. The maximum absolute atomic E-state index is 12.8. The number of carbonyl (C=O) groups excluding carboxylic acids is 1. The smallest absolute Gasteiger partial charge is 0.272 e. The lowest BCUT2D eigenvalue weighted by Crippen LogP contribution is -2.33. The zero-order valence-electron chi connectivity index (χ0n) is 15.7. The minimum Gasteiger partial charge on any atom is -0.340 e. The van der Waals surface area contributed by atoms with Gasteiger partial charge in [-0.2, -0.15) is 0 Å². The highest BCUT2D eigenvalue weighted by atomic mass is 16.2. The van der Waals surface area contributed by atoms with E-state index in [4.69, 9.17) is 0 Å². The number of aromatic nitrogens is 2. The average molecular weight is 340 g/mol. The molecule has 0 atom stereocenters. The van der Waals surface area contributed by atoms with Crippen molar-refractivity contribution in [2.45, 2.75) is 40.2 Å². The van der Waals surface area contributed by atoms with Crippen LogP contribution in [0.3, 0.4) is 0 Å². The van der Waals surface area contributed by atoms with Crippen molar-refractivity contribution in [1.29, 1.82) is 0 Å². The van der Waals surface area contributed by atoms with Crippen molar-refractivity contribution in [3.63, 3.8) is 0 Å². The Labute approximate surface area is 150 Å². The number of anilines is 1. The zero-order chi connectivity index (χ0) is 18.2. The molecule has 1 heterocycles. The van der Waals surface area contributed by atoms with E-state index in [0.717, 1.165) is 31.6 Å². The maximum Gasteiger partial charge on any atom is 0.272 e. The molecule has 2 rings (SSSR count). The summed E-state index contributed by atoms with van der Waals surface area (Å²) >= 11 is 0. The number of amides is 1. The number of hydrogen-bond donors (Lipinski definition) is 0. The fourth-order valence-electron chi connectivity index (χ4n) is 2.78. The van der Waals surface area contributed by atoms with E-state index in [-0.39, 0.29) is 5.91 Å². The highest BCUT2D eigenvalue weighted by molar-refractivity contribution is 5.92. The van der Waals surface area contributed by atoms with Crippen LogP contribution in [0, 0.1) is 6.92 Å². The van der Waals surface area contributed by atoms with E-state index in [0.29, 0.717) is 18.2 Å². The molecule has 0 saturated heterocycles. The van der Waals surface area contributed by atoms with Crippen molar-refractivity contribution in [3.8, 4) is 0 Å². The topological polar surface area (TPSA) is 49.3 Å². The molecule has 0 N–H and O–H groups in total. The Bertz CT molecular complexity index is 681. The molecular weight excluding hydrogens is 312 g/mol. The molecule has 0 bridgehead atoms. The maximum atomic E-state index is 12.8. The third kappa shape index (κ3) is 5.28. The second kappa shape index (κ2) is 9.16. The van der Waals surface area contributed by atoms with E-state index in [9.17, 15) is 4.79 Å². The van der Waals surface area contributed by atoms with Crippen LogP contribution in [0.5, 0.6) is 0 Å². The third-order valence-corrected chi connectivity index (χ3v) is 3.94. The van der Waals surface area contributed by atoms with Gasteiger partial charge >= 0.3 is 0 Å². The fourth-order valence-corrected chi connectivity index (χ4v) is 2.78. The fraction of sp³-hybridized carbons (Fsp3) is 0.450. The van der Waals surface area contributed by atoms with Gasteiger partial charge in [-0.3, -0.25) is 4.79 Å². The van der Waals surface area contributed by atoms with E-state index in [2.05, 4.69) is 35.9 Å². The molecule has 0 aliphatic heterocycles. The predicted molar refractivity (Wildman–Crippen MR) is 102 cm³/mol. The second-order valence-electron chi connectivity index (χ2n) is 6.33. The molecule has 5 heteroatoms. The number of aryl methyl sites for hydroxylation is 1. The minimum absolute atomic E-state index is 0.0106. The van der Waals surface area contributed by atoms with Gasteiger partial charge in [0.25, 0.3) is 5.91 Å². The van der Waals surface area contributed by atoms with Crippen molar-refractivity contribution in [2.75, 3.05) is 25.0 Å². The standard InChI is InChI=1S/C20H28N4O/c1-5-12-24(13-6-2)19(25)18-14-16(3)21-20(22-18)23(4)15-17-10-8-7-9-11-17/h7-11,14H,5-6,12-13,15H2,1-4H3. The molecule has 0 spiro atoms. The van der Waals surface area contributed by atoms with Crippen LogP contribution < -0.4 is 4.90 Å². The van der Waals surface area contributed by atoms with Gasteiger partial charge in [-0.05, 0) is 31.4 Å². The summed E-state index contributed by atoms with van der Waals surface area (Å²) in [6.45, 7) is 8.28. The van der Waals surface area contributed by atoms with Crippen LogP contribution in [0.2, 0.25) is 0 Å². The van der Waals surface area contributed by atoms with Gasteiger partial charge in [0.05, 0.1) is 0 Å². The van der Waals surface area contributed by atoms with Crippen molar-refractivity contribution >= 4 is 11.9 Å². The van der Waals surface area contributed by atoms with E-state index in [1.807, 2.05) is 42.0 Å². The Balaban J connectivity index is 2.22. The first-order valence-electron chi connectivity index (χ1n) is 8.95. The average Bonchev–Trinajstić information content (AvgIpc) is 2.61. The molecule has 0 radical (unpaired) electrons.